The highest BCUT2D eigenvalue weighted by molar-refractivity contribution is 5.79. The highest BCUT2D eigenvalue weighted by Gasteiger charge is 2.29. The number of rotatable bonds is 8. The number of hydrogen-bond donors (Lipinski definition) is 2. The Morgan fingerprint density at radius 2 is 2.09 bits per heavy atom. The van der Waals surface area contributed by atoms with E-state index in [1.54, 1.807) is 7.05 Å². The summed E-state index contributed by atoms with van der Waals surface area (Å²) < 4.78 is 5.41. The Hall–Kier alpha value is -1.56. The minimum absolute atomic E-state index is 0.494. The van der Waals surface area contributed by atoms with Crippen LogP contribution in [0.2, 0.25) is 0 Å². The average Bonchev–Trinajstić information content (AvgIpc) is 3.34. The van der Waals surface area contributed by atoms with Crippen LogP contribution in [-0.4, -0.2) is 48.7 Å². The molecule has 23 heavy (non-hydrogen) atoms. The van der Waals surface area contributed by atoms with Crippen LogP contribution in [0.3, 0.4) is 0 Å². The molecule has 1 unspecified atom stereocenters. The first-order chi connectivity index (χ1) is 11.1. The molecular weight excluding hydrogens is 290 g/mol. The Kier molecular flexibility index (Phi) is 6.45. The molecule has 6 heteroatoms. The number of aliphatic imine (C=N–C) groups is 1. The Morgan fingerprint density at radius 1 is 1.35 bits per heavy atom. The third-order valence-corrected chi connectivity index (χ3v) is 4.65. The van der Waals surface area contributed by atoms with Crippen LogP contribution in [0.1, 0.15) is 50.6 Å². The number of guanidine groups is 1. The van der Waals surface area contributed by atoms with E-state index in [4.69, 9.17) is 4.52 Å². The van der Waals surface area contributed by atoms with E-state index in [1.807, 2.05) is 0 Å². The van der Waals surface area contributed by atoms with Gasteiger partial charge in [-0.1, -0.05) is 19.0 Å². The topological polar surface area (TPSA) is 65.7 Å². The van der Waals surface area contributed by atoms with Gasteiger partial charge in [-0.15, -0.1) is 0 Å². The van der Waals surface area contributed by atoms with Crippen molar-refractivity contribution >= 4 is 5.96 Å². The molecule has 1 heterocycles. The van der Waals surface area contributed by atoms with E-state index in [1.165, 1.54) is 18.4 Å². The number of hydrogen-bond acceptors (Lipinski definition) is 4. The first kappa shape index (κ1) is 17.8. The molecule has 1 aromatic heterocycles. The van der Waals surface area contributed by atoms with Gasteiger partial charge in [0.15, 0.2) is 5.96 Å². The molecule has 1 saturated carbocycles. The number of aromatic nitrogens is 1. The van der Waals surface area contributed by atoms with Gasteiger partial charge in [-0.25, -0.2) is 0 Å². The van der Waals surface area contributed by atoms with Crippen molar-refractivity contribution in [3.63, 3.8) is 0 Å². The molecule has 0 spiro atoms. The average molecular weight is 321 g/mol. The first-order valence-corrected chi connectivity index (χ1v) is 8.73. The summed E-state index contributed by atoms with van der Waals surface area (Å²) in [5, 5.41) is 10.9. The Labute approximate surface area is 139 Å². The predicted molar refractivity (Wildman–Crippen MR) is 93.7 cm³/mol. The smallest absolute Gasteiger partial charge is 0.191 e. The van der Waals surface area contributed by atoms with Gasteiger partial charge < -0.3 is 15.2 Å². The normalized spacial score (nSPS) is 16.7. The quantitative estimate of drug-likeness (QED) is 0.566. The van der Waals surface area contributed by atoms with Gasteiger partial charge in [0.05, 0.1) is 5.69 Å². The zero-order chi connectivity index (χ0) is 16.8. The molecule has 0 radical (unpaired) electrons. The van der Waals surface area contributed by atoms with Crippen molar-refractivity contribution in [2.24, 2.45) is 4.99 Å². The second-order valence-electron chi connectivity index (χ2n) is 6.29. The third kappa shape index (κ3) is 4.70. The summed E-state index contributed by atoms with van der Waals surface area (Å²) in [5.74, 6) is 1.79. The Balaban J connectivity index is 1.84. The molecule has 2 rings (SSSR count). The lowest BCUT2D eigenvalue weighted by atomic mass is 10.1. The number of nitrogens with zero attached hydrogens (tertiary/aromatic N) is 3. The molecule has 130 valence electrons. The summed E-state index contributed by atoms with van der Waals surface area (Å²) >= 11 is 0. The van der Waals surface area contributed by atoms with Crippen molar-refractivity contribution in [2.75, 3.05) is 20.6 Å². The minimum atomic E-state index is 0.494. The van der Waals surface area contributed by atoms with E-state index in [2.05, 4.69) is 53.5 Å². The minimum Gasteiger partial charge on any atom is -0.361 e. The molecule has 0 amide bonds. The van der Waals surface area contributed by atoms with Crippen molar-refractivity contribution in [3.8, 4) is 0 Å². The molecule has 0 aliphatic heterocycles. The van der Waals surface area contributed by atoms with Gasteiger partial charge in [0.25, 0.3) is 0 Å². The fraction of sp³-hybridized carbons (Fsp3) is 0.765. The van der Waals surface area contributed by atoms with Crippen molar-refractivity contribution in [3.05, 3.63) is 17.0 Å². The van der Waals surface area contributed by atoms with Gasteiger partial charge in [0, 0.05) is 44.2 Å². The lowest BCUT2D eigenvalue weighted by Crippen LogP contribution is -2.45. The van der Waals surface area contributed by atoms with Gasteiger partial charge in [-0.3, -0.25) is 9.89 Å². The summed E-state index contributed by atoms with van der Waals surface area (Å²) in [6.07, 6.45) is 4.41. The van der Waals surface area contributed by atoms with E-state index in [9.17, 15) is 0 Å². The number of likely N-dealkylation sites (N-methyl/N-ethyl adjacent to an activating group) is 1. The first-order valence-electron chi connectivity index (χ1n) is 8.73. The monoisotopic (exact) mass is 321 g/mol. The van der Waals surface area contributed by atoms with Crippen LogP contribution in [0.15, 0.2) is 9.52 Å². The summed E-state index contributed by atoms with van der Waals surface area (Å²) in [6, 6.07) is 1.27. The summed E-state index contributed by atoms with van der Waals surface area (Å²) in [4.78, 5) is 6.76. The van der Waals surface area contributed by atoms with E-state index in [0.29, 0.717) is 12.6 Å². The maximum absolute atomic E-state index is 5.41. The van der Waals surface area contributed by atoms with Crippen LogP contribution < -0.4 is 10.6 Å². The van der Waals surface area contributed by atoms with Crippen LogP contribution in [-0.2, 0) is 19.4 Å². The van der Waals surface area contributed by atoms with E-state index < -0.39 is 0 Å². The Morgan fingerprint density at radius 3 is 2.65 bits per heavy atom. The molecule has 1 fully saturated rings. The van der Waals surface area contributed by atoms with Crippen LogP contribution in [0, 0.1) is 0 Å². The summed E-state index contributed by atoms with van der Waals surface area (Å²) in [6.45, 7) is 8.03. The SMILES string of the molecule is CCc1noc(CC)c1CNC(=NC)NCC(C)N(C)C1CC1. The predicted octanol–water partition coefficient (Wildman–Crippen LogP) is 1.95. The molecule has 1 aliphatic rings. The molecule has 1 aromatic rings. The lowest BCUT2D eigenvalue weighted by Gasteiger charge is -2.25. The zero-order valence-electron chi connectivity index (χ0n) is 15.1. The molecule has 1 aliphatic carbocycles. The van der Waals surface area contributed by atoms with Crippen LogP contribution >= 0.6 is 0 Å². The van der Waals surface area contributed by atoms with E-state index in [-0.39, 0.29) is 0 Å². The lowest BCUT2D eigenvalue weighted by molar-refractivity contribution is 0.247. The molecule has 0 saturated heterocycles. The molecule has 1 atom stereocenters. The number of aryl methyl sites for hydroxylation is 2. The van der Waals surface area contributed by atoms with E-state index >= 15 is 0 Å². The molecular formula is C17H31N5O. The highest BCUT2D eigenvalue weighted by Crippen LogP contribution is 2.26. The van der Waals surface area contributed by atoms with Gasteiger partial charge >= 0.3 is 0 Å². The largest absolute Gasteiger partial charge is 0.361 e. The maximum Gasteiger partial charge on any atom is 0.191 e. The Bertz CT molecular complexity index is 500. The second-order valence-corrected chi connectivity index (χ2v) is 6.29. The van der Waals surface area contributed by atoms with E-state index in [0.717, 1.165) is 42.8 Å². The molecule has 0 aromatic carbocycles. The fourth-order valence-electron chi connectivity index (χ4n) is 2.76. The number of nitrogens with one attached hydrogen (secondary N) is 2. The summed E-state index contributed by atoms with van der Waals surface area (Å²) in [5.41, 5.74) is 2.20. The molecule has 0 bridgehead atoms. The van der Waals surface area contributed by atoms with Crippen molar-refractivity contribution in [1.29, 1.82) is 0 Å². The highest BCUT2D eigenvalue weighted by atomic mass is 16.5. The maximum atomic E-state index is 5.41. The van der Waals surface area contributed by atoms with Crippen LogP contribution in [0.4, 0.5) is 0 Å². The van der Waals surface area contributed by atoms with Crippen LogP contribution in [0.25, 0.3) is 0 Å². The molecule has 2 N–H and O–H groups in total. The zero-order valence-corrected chi connectivity index (χ0v) is 15.1. The van der Waals surface area contributed by atoms with Gasteiger partial charge in [-0.05, 0) is 33.2 Å². The summed E-state index contributed by atoms with van der Waals surface area (Å²) in [7, 11) is 4.01. The van der Waals surface area contributed by atoms with Crippen molar-refractivity contribution in [2.45, 2.75) is 65.1 Å². The van der Waals surface area contributed by atoms with Gasteiger partial charge in [-0.2, -0.15) is 0 Å². The van der Waals surface area contributed by atoms with Crippen LogP contribution in [0.5, 0.6) is 0 Å². The second kappa shape index (κ2) is 8.34. The fourth-order valence-corrected chi connectivity index (χ4v) is 2.76. The van der Waals surface area contributed by atoms with Crippen molar-refractivity contribution < 1.29 is 4.52 Å². The van der Waals surface area contributed by atoms with Crippen molar-refractivity contribution in [1.82, 2.24) is 20.7 Å². The molecule has 6 nitrogen and oxygen atoms in total. The standard InChI is InChI=1S/C17H31N5O/c1-6-15-14(16(7-2)23-21-15)11-20-17(18-4)19-10-12(3)22(5)13-8-9-13/h12-13H,6-11H2,1-5H3,(H2,18,19,20). The third-order valence-electron chi connectivity index (χ3n) is 4.65. The van der Waals surface area contributed by atoms with Gasteiger partial charge in [0.2, 0.25) is 0 Å². The van der Waals surface area contributed by atoms with Gasteiger partial charge in [0.1, 0.15) is 5.76 Å².